The largest absolute Gasteiger partial charge is 0.478 e. The van der Waals surface area contributed by atoms with Crippen LogP contribution in [0, 0.1) is 0 Å². The number of aromatic carboxylic acids is 1. The van der Waals surface area contributed by atoms with E-state index in [1.807, 2.05) is 0 Å². The van der Waals surface area contributed by atoms with Gasteiger partial charge in [0.05, 0.1) is 18.8 Å². The van der Waals surface area contributed by atoms with Gasteiger partial charge in [-0.15, -0.1) is 0 Å². The van der Waals surface area contributed by atoms with Crippen LogP contribution < -0.4 is 4.90 Å². The molecule has 0 saturated heterocycles. The molecule has 1 aromatic rings. The van der Waals surface area contributed by atoms with Gasteiger partial charge in [-0.05, 0) is 12.1 Å². The average molecular weight is 226 g/mol. The molecule has 3 N–H and O–H groups in total. The number of aromatic nitrogens is 1. The fraction of sp³-hybridized carbons (Fsp3) is 0.400. The van der Waals surface area contributed by atoms with Crippen LogP contribution in [0.4, 0.5) is 5.82 Å². The molecule has 0 radical (unpaired) electrons. The molecule has 0 unspecified atom stereocenters. The Balaban J connectivity index is 2.90. The van der Waals surface area contributed by atoms with E-state index in [1.54, 1.807) is 4.90 Å². The molecule has 1 rings (SSSR count). The number of aliphatic hydroxyl groups is 2. The van der Waals surface area contributed by atoms with E-state index in [4.69, 9.17) is 15.3 Å². The van der Waals surface area contributed by atoms with Crippen LogP contribution in [0.1, 0.15) is 10.4 Å². The number of hydrogen-bond donors (Lipinski definition) is 3. The summed E-state index contributed by atoms with van der Waals surface area (Å²) in [5, 5.41) is 26.5. The highest BCUT2D eigenvalue weighted by Crippen LogP contribution is 2.12. The van der Waals surface area contributed by atoms with E-state index >= 15 is 0 Å². The van der Waals surface area contributed by atoms with Crippen molar-refractivity contribution in [1.29, 1.82) is 0 Å². The number of carboxylic acids is 1. The maximum atomic E-state index is 10.7. The summed E-state index contributed by atoms with van der Waals surface area (Å²) >= 11 is 0. The standard InChI is InChI=1S/C10H14N2O4/c13-5-3-12(4-6-14)9-7-8(10(15)16)1-2-11-9/h1-2,7,13-14H,3-6H2,(H,15,16). The van der Waals surface area contributed by atoms with Crippen molar-refractivity contribution in [3.63, 3.8) is 0 Å². The molecule has 88 valence electrons. The zero-order valence-electron chi connectivity index (χ0n) is 8.70. The molecule has 0 atom stereocenters. The Bertz CT molecular complexity index is 350. The van der Waals surface area contributed by atoms with Gasteiger partial charge in [-0.3, -0.25) is 0 Å². The van der Waals surface area contributed by atoms with Gasteiger partial charge in [0, 0.05) is 19.3 Å². The molecule has 0 amide bonds. The first-order chi connectivity index (χ1) is 7.69. The van der Waals surface area contributed by atoms with Crippen LogP contribution in [0.25, 0.3) is 0 Å². The quantitative estimate of drug-likeness (QED) is 0.609. The minimum atomic E-state index is -1.03. The van der Waals surface area contributed by atoms with Crippen molar-refractivity contribution in [2.45, 2.75) is 0 Å². The smallest absolute Gasteiger partial charge is 0.335 e. The van der Waals surface area contributed by atoms with Crippen LogP contribution in [-0.4, -0.2) is 52.6 Å². The van der Waals surface area contributed by atoms with Crippen molar-refractivity contribution < 1.29 is 20.1 Å². The number of hydrogen-bond acceptors (Lipinski definition) is 5. The Morgan fingerprint density at radius 2 is 1.94 bits per heavy atom. The fourth-order valence-corrected chi connectivity index (χ4v) is 1.31. The SMILES string of the molecule is O=C(O)c1ccnc(N(CCO)CCO)c1. The zero-order valence-corrected chi connectivity index (χ0v) is 8.70. The van der Waals surface area contributed by atoms with Crippen molar-refractivity contribution in [1.82, 2.24) is 4.98 Å². The van der Waals surface area contributed by atoms with Crippen molar-refractivity contribution in [2.24, 2.45) is 0 Å². The van der Waals surface area contributed by atoms with Crippen LogP contribution in [0.15, 0.2) is 18.3 Å². The van der Waals surface area contributed by atoms with Gasteiger partial charge in [-0.1, -0.05) is 0 Å². The molecule has 0 saturated carbocycles. The van der Waals surface area contributed by atoms with Crippen molar-refractivity contribution in [2.75, 3.05) is 31.2 Å². The molecule has 16 heavy (non-hydrogen) atoms. The molecular weight excluding hydrogens is 212 g/mol. The van der Waals surface area contributed by atoms with E-state index in [-0.39, 0.29) is 18.8 Å². The van der Waals surface area contributed by atoms with Gasteiger partial charge in [-0.25, -0.2) is 9.78 Å². The molecule has 0 aliphatic carbocycles. The Morgan fingerprint density at radius 1 is 1.31 bits per heavy atom. The Labute approximate surface area is 92.8 Å². The topological polar surface area (TPSA) is 93.9 Å². The minimum absolute atomic E-state index is 0.0843. The first kappa shape index (κ1) is 12.4. The van der Waals surface area contributed by atoms with Crippen LogP contribution in [0.2, 0.25) is 0 Å². The third kappa shape index (κ3) is 3.18. The van der Waals surface area contributed by atoms with Crippen molar-refractivity contribution >= 4 is 11.8 Å². The van der Waals surface area contributed by atoms with Gasteiger partial charge >= 0.3 is 5.97 Å². The molecule has 0 aromatic carbocycles. The molecule has 6 heteroatoms. The Kier molecular flexibility index (Phi) is 4.68. The number of anilines is 1. The lowest BCUT2D eigenvalue weighted by Crippen LogP contribution is -2.30. The van der Waals surface area contributed by atoms with Gasteiger partial charge in [0.1, 0.15) is 5.82 Å². The van der Waals surface area contributed by atoms with Gasteiger partial charge in [-0.2, -0.15) is 0 Å². The van der Waals surface area contributed by atoms with E-state index < -0.39 is 5.97 Å². The number of pyridine rings is 1. The molecular formula is C10H14N2O4. The number of carboxylic acid groups (broad SMARTS) is 1. The molecule has 1 aromatic heterocycles. The number of rotatable bonds is 6. The minimum Gasteiger partial charge on any atom is -0.478 e. The molecule has 0 aliphatic rings. The van der Waals surface area contributed by atoms with E-state index in [2.05, 4.69) is 4.98 Å². The number of nitrogens with zero attached hydrogens (tertiary/aromatic N) is 2. The van der Waals surface area contributed by atoms with Crippen molar-refractivity contribution in [3.05, 3.63) is 23.9 Å². The second-order valence-electron chi connectivity index (χ2n) is 3.14. The lowest BCUT2D eigenvalue weighted by Gasteiger charge is -2.21. The van der Waals surface area contributed by atoms with Crippen LogP contribution in [0.3, 0.4) is 0 Å². The van der Waals surface area contributed by atoms with Gasteiger partial charge in [0.2, 0.25) is 0 Å². The Hall–Kier alpha value is -1.66. The number of carbonyl (C=O) groups is 1. The fourth-order valence-electron chi connectivity index (χ4n) is 1.31. The first-order valence-electron chi connectivity index (χ1n) is 4.85. The normalized spacial score (nSPS) is 10.1. The van der Waals surface area contributed by atoms with Gasteiger partial charge in [0.15, 0.2) is 0 Å². The predicted molar refractivity (Wildman–Crippen MR) is 57.6 cm³/mol. The number of aliphatic hydroxyl groups excluding tert-OH is 2. The van der Waals surface area contributed by atoms with Gasteiger partial charge in [0.25, 0.3) is 0 Å². The second-order valence-corrected chi connectivity index (χ2v) is 3.14. The van der Waals surface area contributed by atoms with Gasteiger partial charge < -0.3 is 20.2 Å². The molecule has 0 fully saturated rings. The van der Waals surface area contributed by atoms with Crippen LogP contribution >= 0.6 is 0 Å². The highest BCUT2D eigenvalue weighted by molar-refractivity contribution is 5.88. The van der Waals surface area contributed by atoms with E-state index in [9.17, 15) is 4.79 Å². The monoisotopic (exact) mass is 226 g/mol. The van der Waals surface area contributed by atoms with E-state index in [1.165, 1.54) is 18.3 Å². The predicted octanol–water partition coefficient (Wildman–Crippen LogP) is -0.429. The lowest BCUT2D eigenvalue weighted by molar-refractivity contribution is 0.0697. The average Bonchev–Trinajstić information content (AvgIpc) is 2.29. The molecule has 1 heterocycles. The highest BCUT2D eigenvalue weighted by atomic mass is 16.4. The van der Waals surface area contributed by atoms with Crippen molar-refractivity contribution in [3.8, 4) is 0 Å². The lowest BCUT2D eigenvalue weighted by atomic mass is 10.2. The maximum absolute atomic E-state index is 10.7. The summed E-state index contributed by atoms with van der Waals surface area (Å²) in [6.07, 6.45) is 1.39. The van der Waals surface area contributed by atoms with Crippen LogP contribution in [-0.2, 0) is 0 Å². The van der Waals surface area contributed by atoms with E-state index in [0.29, 0.717) is 18.9 Å². The molecule has 6 nitrogen and oxygen atoms in total. The summed E-state index contributed by atoms with van der Waals surface area (Å²) in [5.74, 6) is -0.598. The molecule has 0 spiro atoms. The highest BCUT2D eigenvalue weighted by Gasteiger charge is 2.09. The zero-order chi connectivity index (χ0) is 12.0. The Morgan fingerprint density at radius 3 is 2.44 bits per heavy atom. The summed E-state index contributed by atoms with van der Waals surface area (Å²) in [5.41, 5.74) is 0.130. The summed E-state index contributed by atoms with van der Waals surface area (Å²) in [6, 6.07) is 2.80. The molecule has 0 aliphatic heterocycles. The summed E-state index contributed by atoms with van der Waals surface area (Å²) in [6.45, 7) is 0.436. The first-order valence-corrected chi connectivity index (χ1v) is 4.85. The second kappa shape index (κ2) is 6.04. The van der Waals surface area contributed by atoms with E-state index in [0.717, 1.165) is 0 Å². The molecule has 0 bridgehead atoms. The van der Waals surface area contributed by atoms with Crippen LogP contribution in [0.5, 0.6) is 0 Å². The third-order valence-electron chi connectivity index (χ3n) is 2.06. The summed E-state index contributed by atoms with van der Waals surface area (Å²) < 4.78 is 0. The summed E-state index contributed by atoms with van der Waals surface area (Å²) in [4.78, 5) is 16.4. The maximum Gasteiger partial charge on any atom is 0.335 e. The summed E-state index contributed by atoms with van der Waals surface area (Å²) in [7, 11) is 0. The third-order valence-corrected chi connectivity index (χ3v) is 2.06.